The van der Waals surface area contributed by atoms with Gasteiger partial charge in [-0.05, 0) is 35.6 Å². The molecule has 0 aliphatic heterocycles. The van der Waals surface area contributed by atoms with Crippen molar-refractivity contribution >= 4 is 0 Å². The Morgan fingerprint density at radius 1 is 1.29 bits per heavy atom. The van der Waals surface area contributed by atoms with Gasteiger partial charge >= 0.3 is 0 Å². The van der Waals surface area contributed by atoms with Crippen molar-refractivity contribution in [3.8, 4) is 0 Å². The van der Waals surface area contributed by atoms with E-state index in [-0.39, 0.29) is 5.41 Å². The second-order valence-corrected chi connectivity index (χ2v) is 5.46. The topological polar surface area (TPSA) is 17.8 Å². The summed E-state index contributed by atoms with van der Waals surface area (Å²) in [6, 6.07) is 9.80. The minimum absolute atomic E-state index is 0.170. The van der Waals surface area contributed by atoms with Crippen molar-refractivity contribution in [3.05, 3.63) is 53.6 Å². The second-order valence-electron chi connectivity index (χ2n) is 5.46. The van der Waals surface area contributed by atoms with Crippen LogP contribution in [0.25, 0.3) is 0 Å². The fraction of sp³-hybridized carbons (Fsp3) is 0.400. The third-order valence-corrected chi connectivity index (χ3v) is 2.96. The summed E-state index contributed by atoms with van der Waals surface area (Å²) in [7, 11) is 0. The molecular formula is C15H19N2. The van der Waals surface area contributed by atoms with Crippen LogP contribution in [-0.4, -0.2) is 9.55 Å². The lowest BCUT2D eigenvalue weighted by molar-refractivity contribution is 0.588. The molecule has 0 aliphatic carbocycles. The van der Waals surface area contributed by atoms with Crippen LogP contribution in [0, 0.1) is 13.0 Å². The summed E-state index contributed by atoms with van der Waals surface area (Å²) in [6.07, 6.45) is 3.84. The first-order valence-corrected chi connectivity index (χ1v) is 5.95. The maximum Gasteiger partial charge on any atom is 0.105 e. The van der Waals surface area contributed by atoms with E-state index < -0.39 is 0 Å². The standard InChI is InChI=1S/C15H19N2/c1-12-16-9-10-17(12)11-13-5-7-14(8-6-13)15(2,3)4/h5-7,9-10H,11H2,1-4H3. The quantitative estimate of drug-likeness (QED) is 0.769. The number of benzene rings is 1. The molecule has 0 aliphatic rings. The maximum absolute atomic E-state index is 4.22. The van der Waals surface area contributed by atoms with Gasteiger partial charge in [0.15, 0.2) is 0 Å². The zero-order valence-electron chi connectivity index (χ0n) is 11.0. The van der Waals surface area contributed by atoms with Crippen molar-refractivity contribution < 1.29 is 0 Å². The van der Waals surface area contributed by atoms with Gasteiger partial charge in [-0.2, -0.15) is 0 Å². The lowest BCUT2D eigenvalue weighted by Crippen LogP contribution is -2.11. The Kier molecular flexibility index (Phi) is 3.05. The van der Waals surface area contributed by atoms with Crippen molar-refractivity contribution in [2.75, 3.05) is 0 Å². The molecule has 1 radical (unpaired) electrons. The molecule has 2 rings (SSSR count). The van der Waals surface area contributed by atoms with Gasteiger partial charge in [0.2, 0.25) is 0 Å². The number of nitrogens with zero attached hydrogens (tertiary/aromatic N) is 2. The first-order valence-electron chi connectivity index (χ1n) is 5.95. The van der Waals surface area contributed by atoms with Gasteiger partial charge < -0.3 is 4.57 Å². The van der Waals surface area contributed by atoms with Gasteiger partial charge in [-0.25, -0.2) is 4.98 Å². The molecule has 0 amide bonds. The zero-order chi connectivity index (χ0) is 12.5. The van der Waals surface area contributed by atoms with Crippen LogP contribution in [0.15, 0.2) is 30.6 Å². The van der Waals surface area contributed by atoms with E-state index in [2.05, 4.69) is 54.6 Å². The number of hydrogen-bond donors (Lipinski definition) is 0. The van der Waals surface area contributed by atoms with Gasteiger partial charge in [0, 0.05) is 18.9 Å². The lowest BCUT2D eigenvalue weighted by atomic mass is 9.87. The van der Waals surface area contributed by atoms with Crippen LogP contribution in [0.1, 0.15) is 37.7 Å². The van der Waals surface area contributed by atoms with Crippen LogP contribution >= 0.6 is 0 Å². The first kappa shape index (κ1) is 11.9. The smallest absolute Gasteiger partial charge is 0.105 e. The molecule has 1 heterocycles. The van der Waals surface area contributed by atoms with E-state index >= 15 is 0 Å². The van der Waals surface area contributed by atoms with E-state index in [9.17, 15) is 0 Å². The molecule has 0 spiro atoms. The highest BCUT2D eigenvalue weighted by molar-refractivity contribution is 5.26. The fourth-order valence-electron chi connectivity index (χ4n) is 1.79. The maximum atomic E-state index is 4.22. The molecule has 2 nitrogen and oxygen atoms in total. The SMILES string of the molecule is Cc1nccn1Cc1c[c]c(C(C)(C)C)cc1. The predicted molar refractivity (Wildman–Crippen MR) is 70.0 cm³/mol. The molecule has 1 aromatic heterocycles. The highest BCUT2D eigenvalue weighted by Crippen LogP contribution is 2.21. The number of rotatable bonds is 2. The summed E-state index contributed by atoms with van der Waals surface area (Å²) in [5.41, 5.74) is 2.69. The molecular weight excluding hydrogens is 208 g/mol. The van der Waals surface area contributed by atoms with E-state index in [1.807, 2.05) is 19.3 Å². The van der Waals surface area contributed by atoms with E-state index in [1.54, 1.807) is 0 Å². The van der Waals surface area contributed by atoms with Crippen molar-refractivity contribution in [2.45, 2.75) is 39.7 Å². The summed E-state index contributed by atoms with van der Waals surface area (Å²) < 4.78 is 2.14. The lowest BCUT2D eigenvalue weighted by Gasteiger charge is -2.18. The van der Waals surface area contributed by atoms with Gasteiger partial charge in [0.1, 0.15) is 5.82 Å². The van der Waals surface area contributed by atoms with E-state index in [0.717, 1.165) is 12.4 Å². The van der Waals surface area contributed by atoms with Gasteiger partial charge in [0.05, 0.1) is 0 Å². The minimum atomic E-state index is 0.170. The van der Waals surface area contributed by atoms with E-state index in [0.29, 0.717) is 0 Å². The summed E-state index contributed by atoms with van der Waals surface area (Å²) in [4.78, 5) is 4.22. The number of aromatic nitrogens is 2. The number of aryl methyl sites for hydroxylation is 1. The molecule has 0 N–H and O–H groups in total. The van der Waals surface area contributed by atoms with Gasteiger partial charge in [0.25, 0.3) is 0 Å². The summed E-state index contributed by atoms with van der Waals surface area (Å²) >= 11 is 0. The number of hydrogen-bond acceptors (Lipinski definition) is 1. The summed E-state index contributed by atoms with van der Waals surface area (Å²) in [6.45, 7) is 9.51. The van der Waals surface area contributed by atoms with Gasteiger partial charge in [-0.3, -0.25) is 0 Å². The van der Waals surface area contributed by atoms with Crippen LogP contribution in [-0.2, 0) is 12.0 Å². The molecule has 0 saturated heterocycles. The largest absolute Gasteiger partial charge is 0.331 e. The molecule has 0 unspecified atom stereocenters. The number of imidazole rings is 1. The molecule has 1 aromatic carbocycles. The van der Waals surface area contributed by atoms with Crippen LogP contribution in [0.2, 0.25) is 0 Å². The Morgan fingerprint density at radius 2 is 2.06 bits per heavy atom. The monoisotopic (exact) mass is 227 g/mol. The third kappa shape index (κ3) is 2.76. The molecule has 0 bridgehead atoms. The minimum Gasteiger partial charge on any atom is -0.331 e. The van der Waals surface area contributed by atoms with Gasteiger partial charge in [-0.15, -0.1) is 0 Å². The normalized spacial score (nSPS) is 11.8. The van der Waals surface area contributed by atoms with Crippen LogP contribution in [0.3, 0.4) is 0 Å². The molecule has 0 saturated carbocycles. The average molecular weight is 227 g/mol. The van der Waals surface area contributed by atoms with Crippen LogP contribution in [0.5, 0.6) is 0 Å². The Balaban J connectivity index is 2.17. The highest BCUT2D eigenvalue weighted by atomic mass is 15.0. The van der Waals surface area contributed by atoms with Crippen LogP contribution in [0.4, 0.5) is 0 Å². The van der Waals surface area contributed by atoms with Crippen molar-refractivity contribution in [2.24, 2.45) is 0 Å². The van der Waals surface area contributed by atoms with Crippen molar-refractivity contribution in [1.82, 2.24) is 9.55 Å². The molecule has 89 valence electrons. The Morgan fingerprint density at radius 3 is 2.53 bits per heavy atom. The Labute approximate surface area is 103 Å². The predicted octanol–water partition coefficient (Wildman–Crippen LogP) is 3.34. The Bertz CT molecular complexity index is 486. The first-order chi connectivity index (χ1) is 7.97. The fourth-order valence-corrected chi connectivity index (χ4v) is 1.79. The van der Waals surface area contributed by atoms with Crippen molar-refractivity contribution in [3.63, 3.8) is 0 Å². The van der Waals surface area contributed by atoms with Crippen LogP contribution < -0.4 is 0 Å². The van der Waals surface area contributed by atoms with E-state index in [1.165, 1.54) is 11.1 Å². The molecule has 17 heavy (non-hydrogen) atoms. The third-order valence-electron chi connectivity index (χ3n) is 2.96. The molecule has 0 atom stereocenters. The zero-order valence-corrected chi connectivity index (χ0v) is 11.0. The molecule has 2 aromatic rings. The average Bonchev–Trinajstić information content (AvgIpc) is 2.64. The highest BCUT2D eigenvalue weighted by Gasteiger charge is 2.13. The second kappa shape index (κ2) is 4.36. The summed E-state index contributed by atoms with van der Waals surface area (Å²) in [5, 5.41) is 0. The molecule has 0 fully saturated rings. The molecule has 2 heteroatoms. The van der Waals surface area contributed by atoms with Crippen molar-refractivity contribution in [1.29, 1.82) is 0 Å². The van der Waals surface area contributed by atoms with Gasteiger partial charge in [-0.1, -0.05) is 32.9 Å². The van der Waals surface area contributed by atoms with E-state index in [4.69, 9.17) is 0 Å². The Hall–Kier alpha value is -1.57. The summed E-state index contributed by atoms with van der Waals surface area (Å²) in [5.74, 6) is 1.05.